The Morgan fingerprint density at radius 3 is 2.92 bits per heavy atom. The molecule has 1 saturated heterocycles. The average Bonchev–Trinajstić information content (AvgIpc) is 3.20. The lowest BCUT2D eigenvalue weighted by atomic mass is 9.94. The normalized spacial score (nSPS) is 27.2. The molecule has 2 heterocycles. The number of carbonyl (C=O) groups excluding carboxylic acids is 1. The molecule has 25 heavy (non-hydrogen) atoms. The first-order valence-corrected chi connectivity index (χ1v) is 8.63. The largest absolute Gasteiger partial charge is 0.497 e. The van der Waals surface area contributed by atoms with Crippen LogP contribution >= 0.6 is 0 Å². The summed E-state index contributed by atoms with van der Waals surface area (Å²) in [5.41, 5.74) is 1.27. The number of fused-ring (bicyclic) bond motifs is 2. The first-order valence-electron chi connectivity index (χ1n) is 8.63. The van der Waals surface area contributed by atoms with Gasteiger partial charge in [0.05, 0.1) is 12.7 Å². The number of carbonyl (C=O) groups is 2. The van der Waals surface area contributed by atoms with Crippen LogP contribution in [-0.4, -0.2) is 48.2 Å². The van der Waals surface area contributed by atoms with Crippen molar-refractivity contribution in [1.29, 1.82) is 0 Å². The van der Waals surface area contributed by atoms with Crippen molar-refractivity contribution in [3.05, 3.63) is 29.3 Å². The lowest BCUT2D eigenvalue weighted by Gasteiger charge is -2.27. The van der Waals surface area contributed by atoms with Crippen molar-refractivity contribution in [3.8, 4) is 11.5 Å². The molecule has 1 N–H and O–H groups in total. The molecule has 3 aliphatic rings. The summed E-state index contributed by atoms with van der Waals surface area (Å²) in [4.78, 5) is 26.3. The molecule has 3 unspecified atom stereocenters. The van der Waals surface area contributed by atoms with E-state index in [1.807, 2.05) is 18.2 Å². The number of aliphatic carboxylic acids is 1. The van der Waals surface area contributed by atoms with Gasteiger partial charge < -0.3 is 19.5 Å². The summed E-state index contributed by atoms with van der Waals surface area (Å²) in [5.74, 6) is 0.649. The molecule has 1 aliphatic carbocycles. The van der Waals surface area contributed by atoms with Crippen LogP contribution < -0.4 is 9.47 Å². The number of carboxylic acid groups (broad SMARTS) is 1. The Morgan fingerprint density at radius 1 is 1.32 bits per heavy atom. The summed E-state index contributed by atoms with van der Waals surface area (Å²) < 4.78 is 10.9. The zero-order valence-electron chi connectivity index (χ0n) is 14.1. The van der Waals surface area contributed by atoms with Crippen molar-refractivity contribution in [3.63, 3.8) is 0 Å². The van der Waals surface area contributed by atoms with Crippen molar-refractivity contribution >= 4 is 18.0 Å². The maximum absolute atomic E-state index is 13.0. The van der Waals surface area contributed by atoms with E-state index in [9.17, 15) is 14.7 Å². The predicted molar refractivity (Wildman–Crippen MR) is 90.4 cm³/mol. The first-order chi connectivity index (χ1) is 12.1. The molecule has 6 nitrogen and oxygen atoms in total. The molecule has 3 atom stereocenters. The molecular formula is C19H21NO5. The molecule has 0 bridgehead atoms. The van der Waals surface area contributed by atoms with Gasteiger partial charge in [0, 0.05) is 12.1 Å². The Balaban J connectivity index is 1.62. The van der Waals surface area contributed by atoms with Gasteiger partial charge in [-0.25, -0.2) is 4.79 Å². The number of hydrogen-bond acceptors (Lipinski definition) is 4. The Kier molecular flexibility index (Phi) is 3.90. The number of benzene rings is 1. The number of amides is 1. The van der Waals surface area contributed by atoms with Crippen LogP contribution in [0, 0.1) is 11.8 Å². The molecule has 1 amide bonds. The fourth-order valence-electron chi connectivity index (χ4n) is 4.42. The minimum atomic E-state index is -0.901. The molecular weight excluding hydrogens is 322 g/mol. The molecule has 0 spiro atoms. The highest BCUT2D eigenvalue weighted by Crippen LogP contribution is 2.43. The van der Waals surface area contributed by atoms with Gasteiger partial charge >= 0.3 is 5.97 Å². The van der Waals surface area contributed by atoms with Gasteiger partial charge in [-0.05, 0) is 49.0 Å². The fraction of sp³-hybridized carbons (Fsp3) is 0.474. The highest BCUT2D eigenvalue weighted by atomic mass is 16.5. The maximum Gasteiger partial charge on any atom is 0.326 e. The minimum Gasteiger partial charge on any atom is -0.497 e. The zero-order valence-corrected chi connectivity index (χ0v) is 14.1. The third-order valence-corrected chi connectivity index (χ3v) is 5.61. The fourth-order valence-corrected chi connectivity index (χ4v) is 4.42. The molecule has 0 radical (unpaired) electrons. The van der Waals surface area contributed by atoms with Gasteiger partial charge in [0.2, 0.25) is 0 Å². The van der Waals surface area contributed by atoms with E-state index in [4.69, 9.17) is 9.47 Å². The van der Waals surface area contributed by atoms with E-state index >= 15 is 0 Å². The van der Waals surface area contributed by atoms with Crippen LogP contribution in [0.1, 0.15) is 24.8 Å². The molecule has 4 rings (SSSR count). The second-order valence-corrected chi connectivity index (χ2v) is 6.96. The molecule has 2 aliphatic heterocycles. The monoisotopic (exact) mass is 343 g/mol. The van der Waals surface area contributed by atoms with Crippen LogP contribution in [0.2, 0.25) is 0 Å². The van der Waals surface area contributed by atoms with Crippen molar-refractivity contribution in [2.24, 2.45) is 11.8 Å². The number of rotatable bonds is 3. The van der Waals surface area contributed by atoms with E-state index in [2.05, 4.69) is 0 Å². The third kappa shape index (κ3) is 2.65. The van der Waals surface area contributed by atoms with E-state index < -0.39 is 12.0 Å². The van der Waals surface area contributed by atoms with Gasteiger partial charge in [-0.2, -0.15) is 0 Å². The number of methoxy groups -OCH3 is 1. The number of carboxylic acids is 1. The predicted octanol–water partition coefficient (Wildman–Crippen LogP) is 2.18. The SMILES string of the molecule is COc1ccc2c(c1)C=C(C(=O)N1CC3CCCC3C1C(=O)O)CO2. The third-order valence-electron chi connectivity index (χ3n) is 5.61. The molecule has 1 aromatic rings. The molecule has 1 saturated carbocycles. The Morgan fingerprint density at radius 2 is 2.16 bits per heavy atom. The highest BCUT2D eigenvalue weighted by Gasteiger charge is 2.50. The Hall–Kier alpha value is -2.50. The second kappa shape index (κ2) is 6.10. The average molecular weight is 343 g/mol. The zero-order chi connectivity index (χ0) is 17.6. The van der Waals surface area contributed by atoms with Crippen molar-refractivity contribution in [2.45, 2.75) is 25.3 Å². The van der Waals surface area contributed by atoms with Crippen molar-refractivity contribution in [1.82, 2.24) is 4.90 Å². The van der Waals surface area contributed by atoms with Gasteiger partial charge in [0.1, 0.15) is 24.1 Å². The van der Waals surface area contributed by atoms with E-state index in [0.717, 1.165) is 24.8 Å². The molecule has 2 fully saturated rings. The highest BCUT2D eigenvalue weighted by molar-refractivity contribution is 6.01. The number of hydrogen-bond donors (Lipinski definition) is 1. The smallest absolute Gasteiger partial charge is 0.326 e. The van der Waals surface area contributed by atoms with Crippen molar-refractivity contribution in [2.75, 3.05) is 20.3 Å². The maximum atomic E-state index is 13.0. The Labute approximate surface area is 146 Å². The number of likely N-dealkylation sites (tertiary alicyclic amines) is 1. The van der Waals surface area contributed by atoms with Gasteiger partial charge in [-0.3, -0.25) is 4.79 Å². The lowest BCUT2D eigenvalue weighted by molar-refractivity contribution is -0.148. The van der Waals surface area contributed by atoms with Crippen LogP contribution in [-0.2, 0) is 9.59 Å². The standard InChI is InChI=1S/C19H21NO5/c1-24-14-5-6-16-12(8-14)7-13(10-25-16)18(21)20-9-11-3-2-4-15(11)17(20)19(22)23/h5-8,11,15,17H,2-4,9-10H2,1H3,(H,22,23). The van der Waals surface area contributed by atoms with E-state index in [1.165, 1.54) is 4.90 Å². The summed E-state index contributed by atoms with van der Waals surface area (Å²) in [6.07, 6.45) is 4.74. The van der Waals surface area contributed by atoms with Gasteiger partial charge in [-0.1, -0.05) is 6.42 Å². The van der Waals surface area contributed by atoms with Crippen LogP contribution in [0.25, 0.3) is 6.08 Å². The molecule has 6 heteroatoms. The van der Waals surface area contributed by atoms with Gasteiger partial charge in [0.15, 0.2) is 0 Å². The summed E-state index contributed by atoms with van der Waals surface area (Å²) in [7, 11) is 1.58. The summed E-state index contributed by atoms with van der Waals surface area (Å²) in [6.45, 7) is 0.694. The van der Waals surface area contributed by atoms with Gasteiger partial charge in [-0.15, -0.1) is 0 Å². The van der Waals surface area contributed by atoms with E-state index in [-0.39, 0.29) is 18.4 Å². The Bertz CT molecular complexity index is 756. The lowest BCUT2D eigenvalue weighted by Crippen LogP contribution is -2.44. The molecule has 0 aromatic heterocycles. The van der Waals surface area contributed by atoms with Gasteiger partial charge in [0.25, 0.3) is 5.91 Å². The first kappa shape index (κ1) is 16.0. The van der Waals surface area contributed by atoms with Crippen LogP contribution in [0.4, 0.5) is 0 Å². The van der Waals surface area contributed by atoms with Crippen LogP contribution in [0.3, 0.4) is 0 Å². The van der Waals surface area contributed by atoms with E-state index in [1.54, 1.807) is 13.2 Å². The second-order valence-electron chi connectivity index (χ2n) is 6.96. The summed E-state index contributed by atoms with van der Waals surface area (Å²) >= 11 is 0. The molecule has 132 valence electrons. The number of ether oxygens (including phenoxy) is 2. The quantitative estimate of drug-likeness (QED) is 0.910. The van der Waals surface area contributed by atoms with Crippen molar-refractivity contribution < 1.29 is 24.2 Å². The topological polar surface area (TPSA) is 76.1 Å². The number of nitrogens with zero attached hydrogens (tertiary/aromatic N) is 1. The minimum absolute atomic E-state index is 0.0824. The molecule has 1 aromatic carbocycles. The summed E-state index contributed by atoms with van der Waals surface area (Å²) in [6, 6.07) is 4.72. The summed E-state index contributed by atoms with van der Waals surface area (Å²) in [5, 5.41) is 9.64. The van der Waals surface area contributed by atoms with Crippen LogP contribution in [0.5, 0.6) is 11.5 Å². The van der Waals surface area contributed by atoms with Crippen LogP contribution in [0.15, 0.2) is 23.8 Å². The van der Waals surface area contributed by atoms with E-state index in [0.29, 0.717) is 29.5 Å².